The molecule has 4 heteroatoms. The molecule has 0 bridgehead atoms. The van der Waals surface area contributed by atoms with Crippen molar-refractivity contribution < 1.29 is 0 Å². The van der Waals surface area contributed by atoms with Gasteiger partial charge in [0.1, 0.15) is 0 Å². The quantitative estimate of drug-likeness (QED) is 0.462. The van der Waals surface area contributed by atoms with Gasteiger partial charge in [-0.25, -0.2) is 0 Å². The molecule has 12 heavy (non-hydrogen) atoms. The smallest absolute Gasteiger partial charge is 0.0503 e. The Morgan fingerprint density at radius 3 is 1.92 bits per heavy atom. The molecule has 0 amide bonds. The van der Waals surface area contributed by atoms with Crippen LogP contribution in [0, 0.1) is 0 Å². The van der Waals surface area contributed by atoms with Crippen molar-refractivity contribution in [2.24, 2.45) is 0 Å². The summed E-state index contributed by atoms with van der Waals surface area (Å²) in [6, 6.07) is 2.45. The lowest BCUT2D eigenvalue weighted by Gasteiger charge is -2.29. The second-order valence-electron chi connectivity index (χ2n) is 4.30. The van der Waals surface area contributed by atoms with Crippen molar-refractivity contribution in [2.75, 3.05) is 11.5 Å². The molecule has 0 radical (unpaired) electrons. The summed E-state index contributed by atoms with van der Waals surface area (Å²) in [5, 5.41) is 0.779. The molecular formula is C8H16Cl2SSi. The normalized spacial score (nSPS) is 37.0. The highest BCUT2D eigenvalue weighted by molar-refractivity contribution is 7.99. The Bertz CT molecular complexity index is 138. The topological polar surface area (TPSA) is 0 Å². The van der Waals surface area contributed by atoms with E-state index in [0.29, 0.717) is 10.8 Å². The van der Waals surface area contributed by atoms with Crippen molar-refractivity contribution in [1.29, 1.82) is 0 Å². The average Bonchev–Trinajstić information content (AvgIpc) is 1.81. The Kier molecular flexibility index (Phi) is 4.29. The fourth-order valence-electron chi connectivity index (χ4n) is 1.72. The van der Waals surface area contributed by atoms with Gasteiger partial charge in [-0.2, -0.15) is 11.8 Å². The van der Waals surface area contributed by atoms with Gasteiger partial charge in [-0.15, -0.1) is 23.2 Å². The van der Waals surface area contributed by atoms with Crippen LogP contribution in [0.5, 0.6) is 0 Å². The molecule has 0 spiro atoms. The Morgan fingerprint density at radius 1 is 1.08 bits per heavy atom. The molecule has 72 valence electrons. The molecule has 0 saturated carbocycles. The maximum atomic E-state index is 6.20. The molecular weight excluding hydrogens is 227 g/mol. The molecule has 1 aliphatic rings. The van der Waals surface area contributed by atoms with Crippen LogP contribution >= 0.6 is 35.0 Å². The molecule has 1 rings (SSSR count). The molecule has 0 N–H and O–H groups in total. The SMILES string of the molecule is C[Si]1(C)CC(Cl)CSCC(Cl)C1. The van der Waals surface area contributed by atoms with E-state index >= 15 is 0 Å². The first-order valence-electron chi connectivity index (χ1n) is 4.35. The van der Waals surface area contributed by atoms with Gasteiger partial charge in [0.25, 0.3) is 0 Å². The van der Waals surface area contributed by atoms with E-state index in [1.165, 1.54) is 12.1 Å². The first kappa shape index (κ1) is 11.2. The highest BCUT2D eigenvalue weighted by atomic mass is 35.5. The highest BCUT2D eigenvalue weighted by Crippen LogP contribution is 2.30. The lowest BCUT2D eigenvalue weighted by atomic mass is 10.5. The van der Waals surface area contributed by atoms with Crippen LogP contribution in [0.1, 0.15) is 0 Å². The number of hydrogen-bond acceptors (Lipinski definition) is 1. The number of thioether (sulfide) groups is 1. The van der Waals surface area contributed by atoms with Crippen LogP contribution in [0.2, 0.25) is 25.2 Å². The molecule has 2 atom stereocenters. The molecule has 2 unspecified atom stereocenters. The lowest BCUT2D eigenvalue weighted by molar-refractivity contribution is 0.982. The molecule has 0 aromatic carbocycles. The summed E-state index contributed by atoms with van der Waals surface area (Å²) >= 11 is 14.3. The molecule has 0 aliphatic carbocycles. The van der Waals surface area contributed by atoms with E-state index in [-0.39, 0.29) is 0 Å². The van der Waals surface area contributed by atoms with Gasteiger partial charge in [-0.1, -0.05) is 13.1 Å². The molecule has 0 aromatic heterocycles. The van der Waals surface area contributed by atoms with Gasteiger partial charge >= 0.3 is 0 Å². The monoisotopic (exact) mass is 242 g/mol. The van der Waals surface area contributed by atoms with Gasteiger partial charge in [0.05, 0.1) is 8.07 Å². The Balaban J connectivity index is 2.51. The first-order valence-corrected chi connectivity index (χ1v) is 9.80. The van der Waals surface area contributed by atoms with E-state index in [1.807, 2.05) is 11.8 Å². The molecule has 1 fully saturated rings. The zero-order valence-corrected chi connectivity index (χ0v) is 11.0. The molecule has 1 saturated heterocycles. The summed E-state index contributed by atoms with van der Waals surface area (Å²) in [5.41, 5.74) is 0. The highest BCUT2D eigenvalue weighted by Gasteiger charge is 2.29. The standard InChI is InChI=1S/C8H16Cl2SSi/c1-12(2)5-7(9)3-11-4-8(10)6-12/h7-8H,3-6H2,1-2H3. The molecule has 1 heterocycles. The number of rotatable bonds is 0. The van der Waals surface area contributed by atoms with Gasteiger partial charge in [0.2, 0.25) is 0 Å². The minimum atomic E-state index is -1.08. The maximum absolute atomic E-state index is 6.20. The third-order valence-electron chi connectivity index (χ3n) is 2.15. The molecule has 0 nitrogen and oxygen atoms in total. The second-order valence-corrected chi connectivity index (χ2v) is 11.8. The van der Waals surface area contributed by atoms with E-state index in [2.05, 4.69) is 13.1 Å². The van der Waals surface area contributed by atoms with Gasteiger partial charge in [0.15, 0.2) is 0 Å². The van der Waals surface area contributed by atoms with E-state index in [1.54, 1.807) is 0 Å². The van der Waals surface area contributed by atoms with Gasteiger partial charge in [-0.05, 0) is 12.1 Å². The number of halogens is 2. The largest absolute Gasteiger partial charge is 0.159 e. The van der Waals surface area contributed by atoms with Crippen LogP contribution in [0.3, 0.4) is 0 Å². The van der Waals surface area contributed by atoms with Crippen LogP contribution in [0.25, 0.3) is 0 Å². The van der Waals surface area contributed by atoms with Crippen molar-refractivity contribution >= 4 is 43.0 Å². The Morgan fingerprint density at radius 2 is 1.50 bits per heavy atom. The Labute approximate surface area is 90.4 Å². The first-order chi connectivity index (χ1) is 5.49. The predicted molar refractivity (Wildman–Crippen MR) is 63.7 cm³/mol. The predicted octanol–water partition coefficient (Wildman–Crippen LogP) is 3.66. The van der Waals surface area contributed by atoms with Crippen LogP contribution in [-0.4, -0.2) is 30.3 Å². The maximum Gasteiger partial charge on any atom is 0.0503 e. The summed E-state index contributed by atoms with van der Waals surface area (Å²) in [6.07, 6.45) is 0. The summed E-state index contributed by atoms with van der Waals surface area (Å²) < 4.78 is 0. The second kappa shape index (κ2) is 4.58. The minimum Gasteiger partial charge on any atom is -0.159 e. The van der Waals surface area contributed by atoms with Crippen molar-refractivity contribution in [1.82, 2.24) is 0 Å². The van der Waals surface area contributed by atoms with Crippen molar-refractivity contribution in [2.45, 2.75) is 35.9 Å². The van der Waals surface area contributed by atoms with E-state index in [4.69, 9.17) is 23.2 Å². The summed E-state index contributed by atoms with van der Waals surface area (Å²) in [6.45, 7) is 4.79. The third kappa shape index (κ3) is 3.90. The Hall–Kier alpha value is 1.15. The van der Waals surface area contributed by atoms with Crippen LogP contribution in [0.4, 0.5) is 0 Å². The van der Waals surface area contributed by atoms with Gasteiger partial charge in [-0.3, -0.25) is 0 Å². The summed E-state index contributed by atoms with van der Waals surface area (Å²) in [5.74, 6) is 2.17. The summed E-state index contributed by atoms with van der Waals surface area (Å²) in [7, 11) is -1.08. The molecule has 0 aromatic rings. The number of hydrogen-bond donors (Lipinski definition) is 0. The lowest BCUT2D eigenvalue weighted by Crippen LogP contribution is -2.35. The van der Waals surface area contributed by atoms with Crippen LogP contribution in [-0.2, 0) is 0 Å². The van der Waals surface area contributed by atoms with Gasteiger partial charge in [0, 0.05) is 22.3 Å². The van der Waals surface area contributed by atoms with Crippen molar-refractivity contribution in [3.63, 3.8) is 0 Å². The third-order valence-corrected chi connectivity index (χ3v) is 8.12. The van der Waals surface area contributed by atoms with Crippen LogP contribution < -0.4 is 0 Å². The zero-order valence-electron chi connectivity index (χ0n) is 7.65. The minimum absolute atomic E-state index is 0.390. The van der Waals surface area contributed by atoms with E-state index in [0.717, 1.165) is 11.5 Å². The zero-order chi connectivity index (χ0) is 9.19. The average molecular weight is 243 g/mol. The van der Waals surface area contributed by atoms with E-state index in [9.17, 15) is 0 Å². The van der Waals surface area contributed by atoms with Crippen LogP contribution in [0.15, 0.2) is 0 Å². The number of alkyl halides is 2. The fraction of sp³-hybridized carbons (Fsp3) is 1.00. The van der Waals surface area contributed by atoms with Crippen molar-refractivity contribution in [3.05, 3.63) is 0 Å². The fourth-order valence-corrected chi connectivity index (χ4v) is 8.92. The summed E-state index contributed by atoms with van der Waals surface area (Å²) in [4.78, 5) is 0. The van der Waals surface area contributed by atoms with E-state index < -0.39 is 8.07 Å². The van der Waals surface area contributed by atoms with Gasteiger partial charge < -0.3 is 0 Å². The van der Waals surface area contributed by atoms with Crippen molar-refractivity contribution in [3.8, 4) is 0 Å². The molecule has 1 aliphatic heterocycles.